The lowest BCUT2D eigenvalue weighted by Crippen LogP contribution is -2.47. The summed E-state index contributed by atoms with van der Waals surface area (Å²) in [5, 5.41) is 10.0. The lowest BCUT2D eigenvalue weighted by molar-refractivity contribution is -0.150. The van der Waals surface area contributed by atoms with Gasteiger partial charge < -0.3 is 14.6 Å². The van der Waals surface area contributed by atoms with Crippen LogP contribution in [0.4, 0.5) is 0 Å². The molecular weight excluding hydrogens is 466 g/mol. The van der Waals surface area contributed by atoms with Crippen LogP contribution in [-0.4, -0.2) is 50.3 Å². The highest BCUT2D eigenvalue weighted by atomic mass is 32.2. The molecule has 1 N–H and O–H groups in total. The van der Waals surface area contributed by atoms with Gasteiger partial charge in [0.2, 0.25) is 0 Å². The highest BCUT2D eigenvalue weighted by Crippen LogP contribution is 2.36. The molecule has 1 heterocycles. The Kier molecular flexibility index (Phi) is 7.42. The molecule has 0 saturated carbocycles. The first-order chi connectivity index (χ1) is 16.8. The summed E-state index contributed by atoms with van der Waals surface area (Å²) in [7, 11) is -2.19. The molecule has 3 aromatic rings. The van der Waals surface area contributed by atoms with Crippen LogP contribution in [0.3, 0.4) is 0 Å². The summed E-state index contributed by atoms with van der Waals surface area (Å²) in [4.78, 5) is 14.5. The van der Waals surface area contributed by atoms with Crippen LogP contribution < -0.4 is 9.47 Å². The average Bonchev–Trinajstić information content (AvgIpc) is 2.86. The van der Waals surface area contributed by atoms with Crippen LogP contribution in [0.1, 0.15) is 18.4 Å². The monoisotopic (exact) mass is 495 g/mol. The van der Waals surface area contributed by atoms with Crippen molar-refractivity contribution in [2.24, 2.45) is 5.41 Å². The van der Waals surface area contributed by atoms with Crippen molar-refractivity contribution in [1.82, 2.24) is 4.90 Å². The first-order valence-corrected chi connectivity index (χ1v) is 13.1. The van der Waals surface area contributed by atoms with Crippen LogP contribution in [0.15, 0.2) is 83.8 Å². The average molecular weight is 496 g/mol. The van der Waals surface area contributed by atoms with E-state index in [4.69, 9.17) is 9.47 Å². The molecule has 4 rings (SSSR count). The number of hydrogen-bond donors (Lipinski definition) is 1. The number of carbonyl (C=O) groups is 1. The SMILES string of the molecule is COc1ccc(CN2CCC(CS(=O)(=O)c3ccc(Oc4ccccc4)cc3)(C(=O)O)CC2)cc1. The van der Waals surface area contributed by atoms with Crippen molar-refractivity contribution in [2.45, 2.75) is 24.3 Å². The van der Waals surface area contributed by atoms with Gasteiger partial charge in [0.25, 0.3) is 0 Å². The molecule has 0 bridgehead atoms. The van der Waals surface area contributed by atoms with Crippen LogP contribution in [0.2, 0.25) is 0 Å². The maximum Gasteiger partial charge on any atom is 0.310 e. The molecule has 3 aromatic carbocycles. The molecule has 8 heteroatoms. The molecule has 0 radical (unpaired) electrons. The minimum atomic E-state index is -3.81. The first-order valence-electron chi connectivity index (χ1n) is 11.4. The molecule has 0 spiro atoms. The fourth-order valence-corrected chi connectivity index (χ4v) is 6.19. The predicted molar refractivity (Wildman–Crippen MR) is 133 cm³/mol. The van der Waals surface area contributed by atoms with Crippen molar-refractivity contribution in [3.05, 3.63) is 84.4 Å². The standard InChI is InChI=1S/C27H29NO6S/c1-33-22-9-7-21(8-10-22)19-28-17-15-27(16-18-28,26(29)30)20-35(31,32)25-13-11-24(12-14-25)34-23-5-3-2-4-6-23/h2-14H,15-20H2,1H3,(H,29,30). The highest BCUT2D eigenvalue weighted by Gasteiger charge is 2.45. The summed E-state index contributed by atoms with van der Waals surface area (Å²) in [6.07, 6.45) is 0.542. The third kappa shape index (κ3) is 6.01. The summed E-state index contributed by atoms with van der Waals surface area (Å²) >= 11 is 0. The van der Waals surface area contributed by atoms with Crippen LogP contribution in [0.25, 0.3) is 0 Å². The van der Waals surface area contributed by atoms with Gasteiger partial charge in [0, 0.05) is 6.54 Å². The van der Waals surface area contributed by atoms with Gasteiger partial charge in [-0.3, -0.25) is 9.69 Å². The number of benzene rings is 3. The Hall–Kier alpha value is -3.36. The van der Waals surface area contributed by atoms with Crippen molar-refractivity contribution in [1.29, 1.82) is 0 Å². The van der Waals surface area contributed by atoms with Gasteiger partial charge >= 0.3 is 5.97 Å². The lowest BCUT2D eigenvalue weighted by Gasteiger charge is -2.38. The van der Waals surface area contributed by atoms with Crippen LogP contribution in [0, 0.1) is 5.41 Å². The second-order valence-corrected chi connectivity index (χ2v) is 10.8. The number of carboxylic acids is 1. The van der Waals surface area contributed by atoms with Crippen LogP contribution in [0.5, 0.6) is 17.2 Å². The molecule has 0 atom stereocenters. The Morgan fingerprint density at radius 2 is 1.46 bits per heavy atom. The number of nitrogens with zero attached hydrogens (tertiary/aromatic N) is 1. The molecule has 0 aliphatic carbocycles. The Morgan fingerprint density at radius 1 is 0.886 bits per heavy atom. The van der Waals surface area contributed by atoms with E-state index in [2.05, 4.69) is 4.90 Å². The van der Waals surface area contributed by atoms with Gasteiger partial charge in [0.15, 0.2) is 9.84 Å². The van der Waals surface area contributed by atoms with Crippen molar-refractivity contribution in [3.8, 4) is 17.2 Å². The zero-order valence-electron chi connectivity index (χ0n) is 19.6. The largest absolute Gasteiger partial charge is 0.497 e. The Bertz CT molecular complexity index is 1230. The first kappa shape index (κ1) is 24.8. The van der Waals surface area contributed by atoms with E-state index in [9.17, 15) is 18.3 Å². The summed E-state index contributed by atoms with van der Waals surface area (Å²) in [6, 6.07) is 23.1. The minimum Gasteiger partial charge on any atom is -0.497 e. The molecule has 0 amide bonds. The fraction of sp³-hybridized carbons (Fsp3) is 0.296. The number of para-hydroxylation sites is 1. The van der Waals surface area contributed by atoms with E-state index in [-0.39, 0.29) is 17.7 Å². The van der Waals surface area contributed by atoms with E-state index in [1.165, 1.54) is 12.1 Å². The van der Waals surface area contributed by atoms with Crippen molar-refractivity contribution in [3.63, 3.8) is 0 Å². The third-order valence-corrected chi connectivity index (χ3v) is 8.38. The fourth-order valence-electron chi connectivity index (χ4n) is 4.33. The molecule has 0 aromatic heterocycles. The van der Waals surface area contributed by atoms with E-state index in [1.54, 1.807) is 19.2 Å². The zero-order chi connectivity index (χ0) is 24.9. The van der Waals surface area contributed by atoms with E-state index in [1.807, 2.05) is 54.6 Å². The summed E-state index contributed by atoms with van der Waals surface area (Å²) < 4.78 is 37.3. The maximum absolute atomic E-state index is 13.2. The number of hydrogen-bond acceptors (Lipinski definition) is 6. The molecule has 7 nitrogen and oxygen atoms in total. The number of carboxylic acid groups (broad SMARTS) is 1. The van der Waals surface area contributed by atoms with Crippen LogP contribution >= 0.6 is 0 Å². The van der Waals surface area contributed by atoms with Crippen molar-refractivity contribution in [2.75, 3.05) is 26.0 Å². The van der Waals surface area contributed by atoms with E-state index < -0.39 is 27.0 Å². The Morgan fingerprint density at radius 3 is 2.03 bits per heavy atom. The maximum atomic E-state index is 13.2. The summed E-state index contributed by atoms with van der Waals surface area (Å²) in [5.41, 5.74) is -0.215. The molecule has 1 aliphatic heterocycles. The van der Waals surface area contributed by atoms with Gasteiger partial charge in [-0.25, -0.2) is 8.42 Å². The molecule has 184 valence electrons. The third-order valence-electron chi connectivity index (χ3n) is 6.46. The quantitative estimate of drug-likeness (QED) is 0.463. The van der Waals surface area contributed by atoms with E-state index in [0.717, 1.165) is 11.3 Å². The van der Waals surface area contributed by atoms with Crippen LogP contribution in [-0.2, 0) is 21.2 Å². The van der Waals surface area contributed by atoms with Gasteiger partial charge in [-0.05, 0) is 80.0 Å². The van der Waals surface area contributed by atoms with Gasteiger partial charge in [0.05, 0.1) is 23.2 Å². The topological polar surface area (TPSA) is 93.1 Å². The van der Waals surface area contributed by atoms with Gasteiger partial charge in [0.1, 0.15) is 17.2 Å². The molecule has 1 fully saturated rings. The predicted octanol–water partition coefficient (Wildman–Crippen LogP) is 4.63. The van der Waals surface area contributed by atoms with Crippen molar-refractivity contribution >= 4 is 15.8 Å². The van der Waals surface area contributed by atoms with E-state index in [0.29, 0.717) is 31.1 Å². The second-order valence-electron chi connectivity index (χ2n) is 8.86. The number of rotatable bonds is 9. The summed E-state index contributed by atoms with van der Waals surface area (Å²) in [5.74, 6) is 0.450. The van der Waals surface area contributed by atoms with E-state index >= 15 is 0 Å². The lowest BCUT2D eigenvalue weighted by atomic mass is 9.80. The number of likely N-dealkylation sites (tertiary alicyclic amines) is 1. The van der Waals surface area contributed by atoms with Gasteiger partial charge in [-0.15, -0.1) is 0 Å². The zero-order valence-corrected chi connectivity index (χ0v) is 20.4. The minimum absolute atomic E-state index is 0.0965. The Labute approximate surface area is 205 Å². The molecule has 35 heavy (non-hydrogen) atoms. The molecule has 1 aliphatic rings. The number of sulfone groups is 1. The number of piperidine rings is 1. The Balaban J connectivity index is 1.41. The van der Waals surface area contributed by atoms with Gasteiger partial charge in [-0.1, -0.05) is 30.3 Å². The van der Waals surface area contributed by atoms with Gasteiger partial charge in [-0.2, -0.15) is 0 Å². The second kappa shape index (κ2) is 10.5. The number of aliphatic carboxylic acids is 1. The smallest absolute Gasteiger partial charge is 0.310 e. The highest BCUT2D eigenvalue weighted by molar-refractivity contribution is 7.91. The number of methoxy groups -OCH3 is 1. The normalized spacial score (nSPS) is 15.9. The molecule has 1 saturated heterocycles. The molecule has 0 unspecified atom stereocenters. The molecular formula is C27H29NO6S. The number of ether oxygens (including phenoxy) is 2. The summed E-state index contributed by atoms with van der Waals surface area (Å²) in [6.45, 7) is 1.70. The van der Waals surface area contributed by atoms with Crippen molar-refractivity contribution < 1.29 is 27.8 Å².